The molecule has 0 saturated heterocycles. The van der Waals surface area contributed by atoms with E-state index in [1.54, 1.807) is 44.3 Å². The third-order valence-electron chi connectivity index (χ3n) is 5.66. The van der Waals surface area contributed by atoms with Gasteiger partial charge in [0.1, 0.15) is 22.6 Å². The monoisotopic (exact) mass is 419 g/mol. The van der Waals surface area contributed by atoms with E-state index in [4.69, 9.17) is 9.15 Å². The van der Waals surface area contributed by atoms with E-state index in [-0.39, 0.29) is 11.5 Å². The summed E-state index contributed by atoms with van der Waals surface area (Å²) in [6.45, 7) is 4.19. The summed E-state index contributed by atoms with van der Waals surface area (Å²) >= 11 is 0. The average Bonchev–Trinajstić information content (AvgIpc) is 3.42. The van der Waals surface area contributed by atoms with E-state index in [9.17, 15) is 14.7 Å². The molecule has 0 bridgehead atoms. The van der Waals surface area contributed by atoms with Gasteiger partial charge in [-0.25, -0.2) is 9.31 Å². The van der Waals surface area contributed by atoms with Gasteiger partial charge >= 0.3 is 5.97 Å². The quantitative estimate of drug-likeness (QED) is 0.482. The summed E-state index contributed by atoms with van der Waals surface area (Å²) in [6.07, 6.45) is 5.35. The maximum Gasteiger partial charge on any atom is 0.337 e. The number of carboxylic acid groups (broad SMARTS) is 1. The van der Waals surface area contributed by atoms with Crippen molar-refractivity contribution < 1.29 is 23.8 Å². The minimum Gasteiger partial charge on any atom is -0.478 e. The Morgan fingerprint density at radius 3 is 2.84 bits per heavy atom. The molecule has 1 aliphatic rings. The number of rotatable bonds is 6. The number of hydrogen-bond donors (Lipinski definition) is 2. The van der Waals surface area contributed by atoms with Gasteiger partial charge in [-0.2, -0.15) is 5.10 Å². The molecule has 1 aliphatic carbocycles. The highest BCUT2D eigenvalue weighted by Crippen LogP contribution is 2.34. The summed E-state index contributed by atoms with van der Waals surface area (Å²) in [7, 11) is 0. The van der Waals surface area contributed by atoms with Crippen molar-refractivity contribution in [2.24, 2.45) is 5.92 Å². The minimum atomic E-state index is -1.02. The lowest BCUT2D eigenvalue weighted by molar-refractivity contribution is 0.0696. The van der Waals surface area contributed by atoms with Gasteiger partial charge in [0.05, 0.1) is 17.3 Å². The van der Waals surface area contributed by atoms with Crippen molar-refractivity contribution in [3.8, 4) is 11.5 Å². The molecule has 8 nitrogen and oxygen atoms in total. The van der Waals surface area contributed by atoms with Crippen LogP contribution < -0.4 is 10.1 Å². The van der Waals surface area contributed by atoms with Crippen LogP contribution >= 0.6 is 0 Å². The molecule has 31 heavy (non-hydrogen) atoms. The van der Waals surface area contributed by atoms with Gasteiger partial charge < -0.3 is 19.6 Å². The zero-order valence-corrected chi connectivity index (χ0v) is 17.1. The van der Waals surface area contributed by atoms with E-state index in [0.717, 1.165) is 5.39 Å². The predicted octanol–water partition coefficient (Wildman–Crippen LogP) is 4.33. The smallest absolute Gasteiger partial charge is 0.337 e. The summed E-state index contributed by atoms with van der Waals surface area (Å²) in [5.41, 5.74) is 2.41. The maximum absolute atomic E-state index is 12.6. The Labute approximate surface area is 177 Å². The highest BCUT2D eigenvalue weighted by atomic mass is 16.5. The van der Waals surface area contributed by atoms with E-state index in [2.05, 4.69) is 10.4 Å². The Morgan fingerprint density at radius 2 is 2.10 bits per heavy atom. The molecule has 0 aliphatic heterocycles. The number of nitrogens with one attached hydrogen (secondary N) is 1. The number of furan rings is 1. The summed E-state index contributed by atoms with van der Waals surface area (Å²) < 4.78 is 13.4. The van der Waals surface area contributed by atoms with E-state index in [1.807, 2.05) is 0 Å². The van der Waals surface area contributed by atoms with Gasteiger partial charge in [0.15, 0.2) is 5.75 Å². The summed E-state index contributed by atoms with van der Waals surface area (Å²) in [4.78, 5) is 24.1. The molecule has 3 aromatic heterocycles. The second-order valence-corrected chi connectivity index (χ2v) is 7.91. The van der Waals surface area contributed by atoms with Gasteiger partial charge in [0.25, 0.3) is 5.91 Å². The molecule has 5 rings (SSSR count). The molecule has 0 radical (unpaired) electrons. The van der Waals surface area contributed by atoms with Crippen LogP contribution in [-0.2, 0) is 0 Å². The molecule has 1 amide bonds. The van der Waals surface area contributed by atoms with Crippen molar-refractivity contribution >= 4 is 28.4 Å². The molecule has 0 spiro atoms. The van der Waals surface area contributed by atoms with Crippen molar-refractivity contribution in [2.75, 3.05) is 6.54 Å². The Kier molecular flexibility index (Phi) is 4.43. The number of carbonyl (C=O) groups excluding carboxylic acids is 1. The van der Waals surface area contributed by atoms with Gasteiger partial charge in [-0.1, -0.05) is 0 Å². The van der Waals surface area contributed by atoms with Gasteiger partial charge in [-0.05, 0) is 50.3 Å². The van der Waals surface area contributed by atoms with Crippen LogP contribution in [-0.4, -0.2) is 33.1 Å². The lowest BCUT2D eigenvalue weighted by Crippen LogP contribution is -2.25. The average molecular weight is 419 g/mol. The van der Waals surface area contributed by atoms with Gasteiger partial charge in [-0.3, -0.25) is 4.79 Å². The lowest BCUT2D eigenvalue weighted by atomic mass is 10.1. The second-order valence-electron chi connectivity index (χ2n) is 7.91. The van der Waals surface area contributed by atoms with Crippen LogP contribution in [0.25, 0.3) is 16.5 Å². The molecule has 1 fully saturated rings. The van der Waals surface area contributed by atoms with Crippen molar-refractivity contribution in [2.45, 2.75) is 26.7 Å². The highest BCUT2D eigenvalue weighted by Gasteiger charge is 2.24. The van der Waals surface area contributed by atoms with Crippen LogP contribution in [0.1, 0.15) is 44.9 Å². The zero-order chi connectivity index (χ0) is 21.7. The van der Waals surface area contributed by atoms with Crippen LogP contribution in [0.2, 0.25) is 0 Å². The van der Waals surface area contributed by atoms with Crippen LogP contribution in [0.15, 0.2) is 41.1 Å². The Hall–Kier alpha value is -3.81. The number of nitrogens with zero attached hydrogens (tertiary/aromatic N) is 2. The molecular formula is C23H21N3O5. The maximum atomic E-state index is 12.6. The Morgan fingerprint density at radius 1 is 1.29 bits per heavy atom. The number of carboxylic acids is 1. The minimum absolute atomic E-state index is 0.127. The van der Waals surface area contributed by atoms with E-state index < -0.39 is 5.97 Å². The predicted molar refractivity (Wildman–Crippen MR) is 113 cm³/mol. The normalized spacial score (nSPS) is 13.6. The number of aromatic carboxylic acids is 1. The molecule has 1 saturated carbocycles. The summed E-state index contributed by atoms with van der Waals surface area (Å²) in [5, 5.41) is 17.3. The van der Waals surface area contributed by atoms with E-state index >= 15 is 0 Å². The molecule has 1 aromatic carbocycles. The highest BCUT2D eigenvalue weighted by molar-refractivity contribution is 6.07. The Bertz CT molecular complexity index is 1350. The molecule has 8 heteroatoms. The SMILES string of the molecule is Cc1oc2cc(Oc3ccnn4cc(C(=O)O)c(C)c34)ccc2c1C(=O)NCC1CC1. The number of aryl methyl sites for hydroxylation is 2. The first-order valence-corrected chi connectivity index (χ1v) is 10.1. The fourth-order valence-electron chi connectivity index (χ4n) is 3.84. The first-order chi connectivity index (χ1) is 14.9. The molecule has 3 heterocycles. The lowest BCUT2D eigenvalue weighted by Gasteiger charge is -2.08. The van der Waals surface area contributed by atoms with Crippen molar-refractivity contribution in [1.82, 2.24) is 14.9 Å². The first kappa shape index (κ1) is 19.2. The second kappa shape index (κ2) is 7.16. The fourth-order valence-corrected chi connectivity index (χ4v) is 3.84. The van der Waals surface area contributed by atoms with Crippen molar-refractivity contribution in [3.63, 3.8) is 0 Å². The number of hydrogen-bond acceptors (Lipinski definition) is 5. The third-order valence-corrected chi connectivity index (χ3v) is 5.66. The number of carbonyl (C=O) groups is 2. The van der Waals surface area contributed by atoms with Crippen molar-refractivity contribution in [1.29, 1.82) is 0 Å². The molecule has 0 unspecified atom stereocenters. The standard InChI is InChI=1S/C23H21N3O5/c1-12-17(23(28)29)11-26-21(12)18(7-8-25-26)31-15-5-6-16-19(9-15)30-13(2)20(16)22(27)24-10-14-3-4-14/h5-9,11,14H,3-4,10H2,1-2H3,(H,24,27)(H,28,29). The van der Waals surface area contributed by atoms with Crippen LogP contribution in [0, 0.1) is 19.8 Å². The number of aromatic nitrogens is 2. The third kappa shape index (κ3) is 3.39. The molecule has 158 valence electrons. The van der Waals surface area contributed by atoms with Gasteiger partial charge in [0.2, 0.25) is 0 Å². The van der Waals surface area contributed by atoms with Crippen LogP contribution in [0.3, 0.4) is 0 Å². The molecule has 0 atom stereocenters. The summed E-state index contributed by atoms with van der Waals surface area (Å²) in [5.74, 6) is 0.993. The first-order valence-electron chi connectivity index (χ1n) is 10.1. The fraction of sp³-hybridized carbons (Fsp3) is 0.261. The largest absolute Gasteiger partial charge is 0.478 e. The van der Waals surface area contributed by atoms with E-state index in [0.29, 0.717) is 51.9 Å². The van der Waals surface area contributed by atoms with Gasteiger partial charge in [0, 0.05) is 30.3 Å². The van der Waals surface area contributed by atoms with Crippen molar-refractivity contribution in [3.05, 3.63) is 59.1 Å². The number of benzene rings is 1. The number of ether oxygens (including phenoxy) is 1. The molecule has 2 N–H and O–H groups in total. The zero-order valence-electron chi connectivity index (χ0n) is 17.1. The van der Waals surface area contributed by atoms with Crippen LogP contribution in [0.5, 0.6) is 11.5 Å². The summed E-state index contributed by atoms with van der Waals surface area (Å²) in [6, 6.07) is 6.98. The Balaban J connectivity index is 1.48. The van der Waals surface area contributed by atoms with Gasteiger partial charge in [-0.15, -0.1) is 0 Å². The molecule has 4 aromatic rings. The van der Waals surface area contributed by atoms with E-state index in [1.165, 1.54) is 23.6 Å². The van der Waals surface area contributed by atoms with Crippen LogP contribution in [0.4, 0.5) is 0 Å². The topological polar surface area (TPSA) is 106 Å². The number of fused-ring (bicyclic) bond motifs is 2. The number of amides is 1. The molecular weight excluding hydrogens is 398 g/mol.